The van der Waals surface area contributed by atoms with Crippen LogP contribution in [0.1, 0.15) is 16.1 Å². The van der Waals surface area contributed by atoms with E-state index in [0.29, 0.717) is 17.1 Å². The van der Waals surface area contributed by atoms with Crippen LogP contribution in [-0.4, -0.2) is 47.2 Å². The number of piperazine rings is 1. The molecule has 1 N–H and O–H groups in total. The third kappa shape index (κ3) is 3.89. The fraction of sp³-hybridized carbons (Fsp3) is 0.263. The summed E-state index contributed by atoms with van der Waals surface area (Å²) in [5.74, 6) is 2.59. The second kappa shape index (κ2) is 7.45. The Morgan fingerprint density at radius 2 is 1.74 bits per heavy atom. The molecule has 0 bridgehead atoms. The maximum Gasteiger partial charge on any atom is 0.257 e. The van der Waals surface area contributed by atoms with E-state index in [2.05, 4.69) is 30.2 Å². The normalized spacial score (nSPS) is 14.3. The van der Waals surface area contributed by atoms with Gasteiger partial charge in [0.2, 0.25) is 0 Å². The van der Waals surface area contributed by atoms with Crippen molar-refractivity contribution in [3.05, 3.63) is 60.1 Å². The first-order valence-electron chi connectivity index (χ1n) is 8.81. The van der Waals surface area contributed by atoms with Crippen LogP contribution in [0.4, 0.5) is 17.5 Å². The Morgan fingerprint density at radius 1 is 1.00 bits per heavy atom. The molecule has 138 valence electrons. The van der Waals surface area contributed by atoms with Crippen molar-refractivity contribution in [3.8, 4) is 0 Å². The summed E-state index contributed by atoms with van der Waals surface area (Å²) in [6, 6.07) is 11.1. The van der Waals surface area contributed by atoms with E-state index in [0.717, 1.165) is 37.8 Å². The van der Waals surface area contributed by atoms with Gasteiger partial charge in [-0.1, -0.05) is 11.2 Å². The molecule has 4 rings (SSSR count). The Balaban J connectivity index is 1.41. The second-order valence-electron chi connectivity index (χ2n) is 6.34. The first-order chi connectivity index (χ1) is 13.2. The fourth-order valence-corrected chi connectivity index (χ4v) is 3.05. The molecule has 0 saturated carbocycles. The van der Waals surface area contributed by atoms with Gasteiger partial charge in [-0.2, -0.15) is 0 Å². The highest BCUT2D eigenvalue weighted by Gasteiger charge is 2.20. The van der Waals surface area contributed by atoms with Crippen LogP contribution in [-0.2, 0) is 0 Å². The molecule has 0 unspecified atom stereocenters. The largest absolute Gasteiger partial charge is 0.360 e. The van der Waals surface area contributed by atoms with E-state index < -0.39 is 0 Å². The number of nitrogens with one attached hydrogen (secondary N) is 1. The van der Waals surface area contributed by atoms with Gasteiger partial charge in [-0.05, 0) is 31.2 Å². The Hall–Kier alpha value is -3.42. The van der Waals surface area contributed by atoms with Crippen molar-refractivity contribution in [2.75, 3.05) is 41.3 Å². The first kappa shape index (κ1) is 17.0. The van der Waals surface area contributed by atoms with Crippen LogP contribution < -0.4 is 15.1 Å². The number of hydrogen-bond donors (Lipinski definition) is 1. The van der Waals surface area contributed by atoms with E-state index in [1.165, 1.54) is 0 Å². The standard InChI is InChI=1S/C19H20N6O2/c1-14-12-16(23-27-14)22-19(26)15-5-7-21-18(13-15)25-10-8-24(9-11-25)17-4-2-3-6-20-17/h2-7,12-13H,8-11H2,1H3,(H,22,23,26). The number of aryl methyl sites for hydroxylation is 1. The number of hydrogen-bond acceptors (Lipinski definition) is 7. The van der Waals surface area contributed by atoms with E-state index in [4.69, 9.17) is 4.52 Å². The minimum absolute atomic E-state index is 0.237. The number of carbonyl (C=O) groups is 1. The van der Waals surface area contributed by atoms with Gasteiger partial charge in [0.25, 0.3) is 5.91 Å². The molecule has 1 aliphatic heterocycles. The zero-order chi connectivity index (χ0) is 18.6. The summed E-state index contributed by atoms with van der Waals surface area (Å²) in [5.41, 5.74) is 0.535. The van der Waals surface area contributed by atoms with E-state index in [-0.39, 0.29) is 5.91 Å². The van der Waals surface area contributed by atoms with Crippen LogP contribution >= 0.6 is 0 Å². The number of amides is 1. The molecule has 0 aliphatic carbocycles. The monoisotopic (exact) mass is 364 g/mol. The zero-order valence-electron chi connectivity index (χ0n) is 15.0. The lowest BCUT2D eigenvalue weighted by Crippen LogP contribution is -2.47. The second-order valence-corrected chi connectivity index (χ2v) is 6.34. The van der Waals surface area contributed by atoms with Crippen LogP contribution in [0.3, 0.4) is 0 Å². The molecular formula is C19H20N6O2. The molecule has 1 aliphatic rings. The third-order valence-corrected chi connectivity index (χ3v) is 4.45. The van der Waals surface area contributed by atoms with Gasteiger partial charge in [-0.3, -0.25) is 4.79 Å². The number of nitrogens with zero attached hydrogens (tertiary/aromatic N) is 5. The van der Waals surface area contributed by atoms with Gasteiger partial charge in [0.05, 0.1) is 0 Å². The molecule has 4 heterocycles. The molecule has 1 fully saturated rings. The zero-order valence-corrected chi connectivity index (χ0v) is 15.0. The first-order valence-corrected chi connectivity index (χ1v) is 8.81. The predicted molar refractivity (Wildman–Crippen MR) is 102 cm³/mol. The molecule has 0 atom stereocenters. The van der Waals surface area contributed by atoms with Gasteiger partial charge < -0.3 is 19.6 Å². The number of anilines is 3. The summed E-state index contributed by atoms with van der Waals surface area (Å²) in [7, 11) is 0. The summed E-state index contributed by atoms with van der Waals surface area (Å²) in [6.07, 6.45) is 3.46. The van der Waals surface area contributed by atoms with Crippen molar-refractivity contribution in [2.24, 2.45) is 0 Å². The number of pyridine rings is 2. The Morgan fingerprint density at radius 3 is 2.41 bits per heavy atom. The summed E-state index contributed by atoms with van der Waals surface area (Å²) < 4.78 is 4.97. The van der Waals surface area contributed by atoms with Gasteiger partial charge in [0, 0.05) is 50.2 Å². The van der Waals surface area contributed by atoms with Crippen LogP contribution in [0.15, 0.2) is 53.3 Å². The molecular weight excluding hydrogens is 344 g/mol. The van der Waals surface area contributed by atoms with Crippen molar-refractivity contribution in [2.45, 2.75) is 6.92 Å². The van der Waals surface area contributed by atoms with Crippen LogP contribution in [0.5, 0.6) is 0 Å². The number of rotatable bonds is 4. The molecule has 0 aromatic carbocycles. The minimum atomic E-state index is -0.237. The van der Waals surface area contributed by atoms with Crippen molar-refractivity contribution < 1.29 is 9.32 Å². The van der Waals surface area contributed by atoms with Gasteiger partial charge in [-0.15, -0.1) is 0 Å². The highest BCUT2D eigenvalue weighted by Crippen LogP contribution is 2.19. The fourth-order valence-electron chi connectivity index (χ4n) is 3.05. The molecule has 27 heavy (non-hydrogen) atoms. The topological polar surface area (TPSA) is 87.4 Å². The average Bonchev–Trinajstić information content (AvgIpc) is 3.13. The van der Waals surface area contributed by atoms with Crippen LogP contribution in [0, 0.1) is 6.92 Å². The summed E-state index contributed by atoms with van der Waals surface area (Å²) in [6.45, 7) is 5.12. The van der Waals surface area contributed by atoms with E-state index >= 15 is 0 Å². The van der Waals surface area contributed by atoms with Gasteiger partial charge in [0.1, 0.15) is 17.4 Å². The molecule has 0 spiro atoms. The molecule has 3 aromatic rings. The molecule has 1 amide bonds. The van der Waals surface area contributed by atoms with Crippen LogP contribution in [0.2, 0.25) is 0 Å². The minimum Gasteiger partial charge on any atom is -0.360 e. The lowest BCUT2D eigenvalue weighted by Gasteiger charge is -2.36. The van der Waals surface area contributed by atoms with Crippen molar-refractivity contribution in [1.29, 1.82) is 0 Å². The third-order valence-electron chi connectivity index (χ3n) is 4.45. The highest BCUT2D eigenvalue weighted by atomic mass is 16.5. The Labute approximate surface area is 156 Å². The van der Waals surface area contributed by atoms with E-state index in [9.17, 15) is 4.79 Å². The lowest BCUT2D eigenvalue weighted by molar-refractivity contribution is 0.102. The molecule has 8 heteroatoms. The molecule has 1 saturated heterocycles. The van der Waals surface area contributed by atoms with Crippen molar-refractivity contribution in [1.82, 2.24) is 15.1 Å². The highest BCUT2D eigenvalue weighted by molar-refractivity contribution is 6.04. The quantitative estimate of drug-likeness (QED) is 0.760. The van der Waals surface area contributed by atoms with Gasteiger partial charge in [0.15, 0.2) is 5.82 Å². The smallest absolute Gasteiger partial charge is 0.257 e. The summed E-state index contributed by atoms with van der Waals surface area (Å²) >= 11 is 0. The lowest BCUT2D eigenvalue weighted by atomic mass is 10.2. The predicted octanol–water partition coefficient (Wildman–Crippen LogP) is 2.35. The van der Waals surface area contributed by atoms with Gasteiger partial charge >= 0.3 is 0 Å². The maximum atomic E-state index is 12.4. The Kier molecular flexibility index (Phi) is 4.69. The number of carbonyl (C=O) groups excluding carboxylic acids is 1. The summed E-state index contributed by atoms with van der Waals surface area (Å²) in [5, 5.41) is 6.52. The van der Waals surface area contributed by atoms with Crippen LogP contribution in [0.25, 0.3) is 0 Å². The van der Waals surface area contributed by atoms with E-state index in [1.807, 2.05) is 24.4 Å². The molecule has 3 aromatic heterocycles. The SMILES string of the molecule is Cc1cc(NC(=O)c2ccnc(N3CCN(c4ccccn4)CC3)c2)no1. The molecule has 0 radical (unpaired) electrons. The number of aromatic nitrogens is 3. The molecule has 8 nitrogen and oxygen atoms in total. The van der Waals surface area contributed by atoms with Crippen molar-refractivity contribution >= 4 is 23.4 Å². The maximum absolute atomic E-state index is 12.4. The summed E-state index contributed by atoms with van der Waals surface area (Å²) in [4.78, 5) is 25.7. The Bertz CT molecular complexity index is 919. The van der Waals surface area contributed by atoms with Gasteiger partial charge in [-0.25, -0.2) is 9.97 Å². The van der Waals surface area contributed by atoms with E-state index in [1.54, 1.807) is 31.3 Å². The van der Waals surface area contributed by atoms with Crippen molar-refractivity contribution in [3.63, 3.8) is 0 Å². The average molecular weight is 364 g/mol.